The maximum Gasteiger partial charge on any atom is 0.231 e. The van der Waals surface area contributed by atoms with Crippen molar-refractivity contribution in [1.29, 1.82) is 0 Å². The topological polar surface area (TPSA) is 53.7 Å². The molecule has 1 heterocycles. The lowest BCUT2D eigenvalue weighted by Crippen LogP contribution is -2.18. The van der Waals surface area contributed by atoms with Crippen molar-refractivity contribution in [3.8, 4) is 17.2 Å². The van der Waals surface area contributed by atoms with Gasteiger partial charge in [0.1, 0.15) is 12.4 Å². The lowest BCUT2D eigenvalue weighted by atomic mass is 10.0. The van der Waals surface area contributed by atoms with Crippen LogP contribution in [0.15, 0.2) is 42.5 Å². The summed E-state index contributed by atoms with van der Waals surface area (Å²) in [5.41, 5.74) is 8.47. The maximum absolute atomic E-state index is 6.19. The van der Waals surface area contributed by atoms with Crippen molar-refractivity contribution in [2.75, 3.05) is 13.4 Å². The first-order valence-corrected chi connectivity index (χ1v) is 7.51. The van der Waals surface area contributed by atoms with E-state index in [2.05, 4.69) is 26.0 Å². The van der Waals surface area contributed by atoms with E-state index in [1.165, 1.54) is 5.56 Å². The second-order valence-electron chi connectivity index (χ2n) is 5.75. The van der Waals surface area contributed by atoms with Crippen LogP contribution in [-0.2, 0) is 0 Å². The normalized spacial score (nSPS) is 14.2. The number of hydrogen-bond donors (Lipinski definition) is 1. The van der Waals surface area contributed by atoms with Gasteiger partial charge in [-0.15, -0.1) is 0 Å². The molecular weight excluding hydrogens is 278 g/mol. The molecule has 116 valence electrons. The van der Waals surface area contributed by atoms with Crippen LogP contribution in [0.5, 0.6) is 17.2 Å². The van der Waals surface area contributed by atoms with Gasteiger partial charge in [0.2, 0.25) is 6.79 Å². The van der Waals surface area contributed by atoms with Crippen molar-refractivity contribution in [1.82, 2.24) is 0 Å². The van der Waals surface area contributed by atoms with Gasteiger partial charge < -0.3 is 19.9 Å². The van der Waals surface area contributed by atoms with E-state index in [4.69, 9.17) is 19.9 Å². The molecule has 0 saturated carbocycles. The van der Waals surface area contributed by atoms with Crippen molar-refractivity contribution in [3.63, 3.8) is 0 Å². The molecule has 0 aromatic heterocycles. The molecule has 2 N–H and O–H groups in total. The molecule has 4 heteroatoms. The molecular formula is C18H21NO3. The van der Waals surface area contributed by atoms with E-state index in [1.807, 2.05) is 30.3 Å². The molecule has 1 aliphatic heterocycles. The van der Waals surface area contributed by atoms with Crippen molar-refractivity contribution in [2.24, 2.45) is 5.73 Å². The minimum atomic E-state index is -0.209. The lowest BCUT2D eigenvalue weighted by molar-refractivity contribution is 0.174. The fraction of sp³-hybridized carbons (Fsp3) is 0.333. The molecule has 1 unspecified atom stereocenters. The Morgan fingerprint density at radius 1 is 1.00 bits per heavy atom. The standard InChI is InChI=1S/C18H21NO3/c1-12(2)13-3-6-15(7-4-13)20-10-16(19)14-5-8-17-18(9-14)22-11-21-17/h3-9,12,16H,10-11,19H2,1-2H3. The average molecular weight is 299 g/mol. The smallest absolute Gasteiger partial charge is 0.231 e. The molecule has 0 fully saturated rings. The van der Waals surface area contributed by atoms with Crippen molar-refractivity contribution >= 4 is 0 Å². The van der Waals surface area contributed by atoms with Crippen LogP contribution in [0.2, 0.25) is 0 Å². The largest absolute Gasteiger partial charge is 0.492 e. The van der Waals surface area contributed by atoms with Gasteiger partial charge >= 0.3 is 0 Å². The second-order valence-corrected chi connectivity index (χ2v) is 5.75. The number of benzene rings is 2. The van der Waals surface area contributed by atoms with Crippen LogP contribution in [0.1, 0.15) is 36.9 Å². The van der Waals surface area contributed by atoms with Gasteiger partial charge in [-0.3, -0.25) is 0 Å². The van der Waals surface area contributed by atoms with Gasteiger partial charge in [0.15, 0.2) is 11.5 Å². The highest BCUT2D eigenvalue weighted by molar-refractivity contribution is 5.45. The third kappa shape index (κ3) is 3.17. The Morgan fingerprint density at radius 2 is 1.68 bits per heavy atom. The van der Waals surface area contributed by atoms with Gasteiger partial charge in [0.25, 0.3) is 0 Å². The van der Waals surface area contributed by atoms with E-state index in [-0.39, 0.29) is 12.8 Å². The Balaban J connectivity index is 1.61. The third-order valence-electron chi connectivity index (χ3n) is 3.80. The van der Waals surface area contributed by atoms with Gasteiger partial charge in [-0.1, -0.05) is 32.0 Å². The van der Waals surface area contributed by atoms with Crippen LogP contribution in [0.4, 0.5) is 0 Å². The molecule has 0 radical (unpaired) electrons. The zero-order valence-electron chi connectivity index (χ0n) is 12.9. The zero-order chi connectivity index (χ0) is 15.5. The predicted molar refractivity (Wildman–Crippen MR) is 85.5 cm³/mol. The van der Waals surface area contributed by atoms with Crippen molar-refractivity contribution < 1.29 is 14.2 Å². The fourth-order valence-corrected chi connectivity index (χ4v) is 2.37. The Labute approximate surface area is 130 Å². The molecule has 0 saturated heterocycles. The lowest BCUT2D eigenvalue weighted by Gasteiger charge is -2.14. The Morgan fingerprint density at radius 3 is 2.41 bits per heavy atom. The van der Waals surface area contributed by atoms with E-state index in [9.17, 15) is 0 Å². The molecule has 0 bridgehead atoms. The third-order valence-corrected chi connectivity index (χ3v) is 3.80. The summed E-state index contributed by atoms with van der Waals surface area (Å²) in [7, 11) is 0. The Kier molecular flexibility index (Phi) is 4.20. The number of rotatable bonds is 5. The van der Waals surface area contributed by atoms with Gasteiger partial charge in [-0.25, -0.2) is 0 Å². The molecule has 0 aliphatic carbocycles. The Bertz CT molecular complexity index is 637. The summed E-state index contributed by atoms with van der Waals surface area (Å²) >= 11 is 0. The SMILES string of the molecule is CC(C)c1ccc(OCC(N)c2ccc3c(c2)OCO3)cc1. The number of hydrogen-bond acceptors (Lipinski definition) is 4. The molecule has 4 nitrogen and oxygen atoms in total. The molecule has 3 rings (SSSR count). The van der Waals surface area contributed by atoms with Crippen molar-refractivity contribution in [3.05, 3.63) is 53.6 Å². The summed E-state index contributed by atoms with van der Waals surface area (Å²) in [6.45, 7) is 5.03. The maximum atomic E-state index is 6.19. The summed E-state index contributed by atoms with van der Waals surface area (Å²) < 4.78 is 16.4. The quantitative estimate of drug-likeness (QED) is 0.916. The van der Waals surface area contributed by atoms with Crippen LogP contribution >= 0.6 is 0 Å². The minimum absolute atomic E-state index is 0.209. The highest BCUT2D eigenvalue weighted by atomic mass is 16.7. The first-order chi connectivity index (χ1) is 10.6. The fourth-order valence-electron chi connectivity index (χ4n) is 2.37. The molecule has 1 aliphatic rings. The van der Waals surface area contributed by atoms with Crippen LogP contribution in [0.25, 0.3) is 0 Å². The highest BCUT2D eigenvalue weighted by Gasteiger charge is 2.16. The Hall–Kier alpha value is -2.20. The first-order valence-electron chi connectivity index (χ1n) is 7.51. The van der Waals surface area contributed by atoms with Crippen LogP contribution in [-0.4, -0.2) is 13.4 Å². The second kappa shape index (κ2) is 6.28. The zero-order valence-corrected chi connectivity index (χ0v) is 12.9. The van der Waals surface area contributed by atoms with E-state index >= 15 is 0 Å². The summed E-state index contributed by atoms with van der Waals surface area (Å²) in [6, 6.07) is 13.7. The van der Waals surface area contributed by atoms with Crippen LogP contribution < -0.4 is 19.9 Å². The molecule has 2 aromatic rings. The van der Waals surface area contributed by atoms with E-state index in [0.717, 1.165) is 22.8 Å². The average Bonchev–Trinajstić information content (AvgIpc) is 3.00. The number of fused-ring (bicyclic) bond motifs is 1. The van der Waals surface area contributed by atoms with Crippen LogP contribution in [0, 0.1) is 0 Å². The van der Waals surface area contributed by atoms with E-state index in [1.54, 1.807) is 0 Å². The number of ether oxygens (including phenoxy) is 3. The summed E-state index contributed by atoms with van der Waals surface area (Å²) in [4.78, 5) is 0. The van der Waals surface area contributed by atoms with E-state index < -0.39 is 0 Å². The summed E-state index contributed by atoms with van der Waals surface area (Å²) in [5, 5.41) is 0. The van der Waals surface area contributed by atoms with E-state index in [0.29, 0.717) is 12.5 Å². The van der Waals surface area contributed by atoms with Crippen molar-refractivity contribution in [2.45, 2.75) is 25.8 Å². The highest BCUT2D eigenvalue weighted by Crippen LogP contribution is 2.33. The van der Waals surface area contributed by atoms with Gasteiger partial charge in [0, 0.05) is 0 Å². The van der Waals surface area contributed by atoms with Gasteiger partial charge in [-0.2, -0.15) is 0 Å². The summed E-state index contributed by atoms with van der Waals surface area (Å²) in [6.07, 6.45) is 0. The minimum Gasteiger partial charge on any atom is -0.492 e. The predicted octanol–water partition coefficient (Wildman–Crippen LogP) is 3.62. The molecule has 1 atom stereocenters. The molecule has 0 spiro atoms. The van der Waals surface area contributed by atoms with Gasteiger partial charge in [-0.05, 0) is 41.3 Å². The first kappa shape index (κ1) is 14.7. The monoisotopic (exact) mass is 299 g/mol. The van der Waals surface area contributed by atoms with Gasteiger partial charge in [0.05, 0.1) is 6.04 Å². The molecule has 2 aromatic carbocycles. The number of nitrogens with two attached hydrogens (primary N) is 1. The molecule has 0 amide bonds. The molecule has 22 heavy (non-hydrogen) atoms. The van der Waals surface area contributed by atoms with Crippen LogP contribution in [0.3, 0.4) is 0 Å². The summed E-state index contributed by atoms with van der Waals surface area (Å²) in [5.74, 6) is 2.86.